The van der Waals surface area contributed by atoms with Crippen molar-refractivity contribution in [3.05, 3.63) is 35.4 Å². The van der Waals surface area contributed by atoms with Crippen LogP contribution in [0.3, 0.4) is 0 Å². The fourth-order valence-corrected chi connectivity index (χ4v) is 1.89. The second-order valence-electron chi connectivity index (χ2n) is 5.64. The average Bonchev–Trinajstić information content (AvgIpc) is 2.55. The molecular weight excluding hydrogens is 386 g/mol. The Morgan fingerprint density at radius 2 is 1.41 bits per heavy atom. The molecule has 0 fully saturated rings. The molecular formula is C16H16F6O5. The maximum atomic E-state index is 12.5. The summed E-state index contributed by atoms with van der Waals surface area (Å²) in [4.78, 5) is 23.0. The Balaban J connectivity index is 2.60. The molecule has 1 aromatic carbocycles. The predicted octanol–water partition coefficient (Wildman–Crippen LogP) is 3.04. The Bertz CT molecular complexity index is 651. The lowest BCUT2D eigenvalue weighted by atomic mass is 10.0. The lowest BCUT2D eigenvalue weighted by molar-refractivity contribution is -0.357. The molecule has 0 aromatic heterocycles. The molecule has 0 saturated heterocycles. The number of esters is 2. The molecule has 0 spiro atoms. The lowest BCUT2D eigenvalue weighted by Crippen LogP contribution is -2.63. The van der Waals surface area contributed by atoms with Crippen molar-refractivity contribution in [2.75, 3.05) is 13.2 Å². The number of aryl methyl sites for hydroxylation is 1. The van der Waals surface area contributed by atoms with Crippen LogP contribution in [0, 0.1) is 6.92 Å². The molecule has 0 amide bonds. The van der Waals surface area contributed by atoms with Crippen molar-refractivity contribution < 1.29 is 50.5 Å². The average molecular weight is 402 g/mol. The maximum Gasteiger partial charge on any atom is 0.437 e. The van der Waals surface area contributed by atoms with Crippen LogP contribution in [0.5, 0.6) is 0 Å². The molecule has 0 aliphatic carbocycles. The first-order valence-corrected chi connectivity index (χ1v) is 7.48. The molecule has 0 bridgehead atoms. The summed E-state index contributed by atoms with van der Waals surface area (Å²) >= 11 is 0. The minimum Gasteiger partial charge on any atom is -0.462 e. The highest BCUT2D eigenvalue weighted by molar-refractivity contribution is 5.81. The molecule has 0 radical (unpaired) electrons. The minimum absolute atomic E-state index is 0.575. The van der Waals surface area contributed by atoms with Crippen LogP contribution in [0.2, 0.25) is 0 Å². The monoisotopic (exact) mass is 402 g/mol. The molecule has 1 atom stereocenters. The quantitative estimate of drug-likeness (QED) is 0.450. The van der Waals surface area contributed by atoms with Crippen molar-refractivity contribution in [3.63, 3.8) is 0 Å². The molecule has 1 N–H and O–H groups in total. The number of carbonyl (C=O) groups is 2. The van der Waals surface area contributed by atoms with E-state index < -0.39 is 49.0 Å². The highest BCUT2D eigenvalue weighted by Gasteiger charge is 2.76. The van der Waals surface area contributed by atoms with Gasteiger partial charge in [-0.1, -0.05) is 29.8 Å². The summed E-state index contributed by atoms with van der Waals surface area (Å²) in [7, 11) is 0. The normalized spacial score (nSPS) is 13.8. The number of alkyl halides is 6. The van der Waals surface area contributed by atoms with E-state index in [4.69, 9.17) is 5.11 Å². The number of rotatable bonds is 6. The number of aliphatic hydroxyl groups is 1. The Morgan fingerprint density at radius 1 is 0.963 bits per heavy atom. The van der Waals surface area contributed by atoms with Crippen LogP contribution >= 0.6 is 0 Å². The Morgan fingerprint density at radius 3 is 1.85 bits per heavy atom. The highest BCUT2D eigenvalue weighted by Crippen LogP contribution is 2.43. The molecule has 27 heavy (non-hydrogen) atoms. The molecule has 5 nitrogen and oxygen atoms in total. The zero-order chi connectivity index (χ0) is 21.0. The molecule has 11 heteroatoms. The van der Waals surface area contributed by atoms with E-state index >= 15 is 0 Å². The summed E-state index contributed by atoms with van der Waals surface area (Å²) in [5, 5.41) is 8.79. The predicted molar refractivity (Wildman–Crippen MR) is 78.6 cm³/mol. The number of carbonyl (C=O) groups excluding carboxylic acids is 2. The van der Waals surface area contributed by atoms with Crippen molar-refractivity contribution in [2.24, 2.45) is 0 Å². The topological polar surface area (TPSA) is 72.8 Å². The lowest BCUT2D eigenvalue weighted by Gasteiger charge is -2.29. The molecule has 152 valence electrons. The zero-order valence-corrected chi connectivity index (χ0v) is 14.1. The summed E-state index contributed by atoms with van der Waals surface area (Å²) in [5.41, 5.74) is -4.15. The van der Waals surface area contributed by atoms with Crippen LogP contribution in [-0.4, -0.2) is 48.2 Å². The minimum atomic E-state index is -6.33. The molecule has 0 heterocycles. The van der Waals surface area contributed by atoms with E-state index in [0.29, 0.717) is 5.56 Å². The van der Waals surface area contributed by atoms with Gasteiger partial charge in [-0.3, -0.25) is 4.79 Å². The molecule has 0 aliphatic heterocycles. The van der Waals surface area contributed by atoms with Crippen molar-refractivity contribution in [3.8, 4) is 0 Å². The van der Waals surface area contributed by atoms with E-state index in [9.17, 15) is 35.9 Å². The first-order chi connectivity index (χ1) is 12.2. The van der Waals surface area contributed by atoms with Gasteiger partial charge in [0.05, 0.1) is 5.92 Å². The van der Waals surface area contributed by atoms with E-state index in [-0.39, 0.29) is 0 Å². The number of hydrogen-bond donors (Lipinski definition) is 1. The van der Waals surface area contributed by atoms with Gasteiger partial charge in [0, 0.05) is 0 Å². The van der Waals surface area contributed by atoms with Crippen LogP contribution in [0.15, 0.2) is 24.3 Å². The Labute approximate surface area is 149 Å². The van der Waals surface area contributed by atoms with Crippen LogP contribution in [0.1, 0.15) is 24.0 Å². The highest BCUT2D eigenvalue weighted by atomic mass is 19.4. The standard InChI is InChI=1S/C16H16F6O5/c1-9-3-5-11(6-4-9)10(2)12(23)26-7-8-27-13(24)14(25,15(17,18)19)16(20,21)22/h3-6,10,25H,7-8H2,1-2H3. The van der Waals surface area contributed by atoms with Gasteiger partial charge in [0.15, 0.2) is 0 Å². The van der Waals surface area contributed by atoms with Crippen LogP contribution in [-0.2, 0) is 19.1 Å². The zero-order valence-electron chi connectivity index (χ0n) is 14.1. The fraction of sp³-hybridized carbons (Fsp3) is 0.500. The first kappa shape index (κ1) is 22.7. The van der Waals surface area contributed by atoms with Gasteiger partial charge < -0.3 is 14.6 Å². The summed E-state index contributed by atoms with van der Waals surface area (Å²) < 4.78 is 83.2. The number of halogens is 6. The SMILES string of the molecule is Cc1ccc(C(C)C(=O)OCCOC(=O)C(O)(C(F)(F)F)C(F)(F)F)cc1. The Hall–Kier alpha value is -2.30. The van der Waals surface area contributed by atoms with Crippen molar-refractivity contribution in [2.45, 2.75) is 37.7 Å². The smallest absolute Gasteiger partial charge is 0.437 e. The van der Waals surface area contributed by atoms with Gasteiger partial charge in [-0.05, 0) is 19.4 Å². The van der Waals surface area contributed by atoms with Crippen LogP contribution in [0.4, 0.5) is 26.3 Å². The number of hydrogen-bond acceptors (Lipinski definition) is 5. The first-order valence-electron chi connectivity index (χ1n) is 7.48. The summed E-state index contributed by atoms with van der Waals surface area (Å²) in [6.45, 7) is 1.42. The fourth-order valence-electron chi connectivity index (χ4n) is 1.89. The number of benzene rings is 1. The second-order valence-corrected chi connectivity index (χ2v) is 5.64. The van der Waals surface area contributed by atoms with Crippen LogP contribution < -0.4 is 0 Å². The van der Waals surface area contributed by atoms with E-state index in [1.165, 1.54) is 6.92 Å². The van der Waals surface area contributed by atoms with Gasteiger partial charge in [0.25, 0.3) is 0 Å². The van der Waals surface area contributed by atoms with E-state index in [1.807, 2.05) is 6.92 Å². The van der Waals surface area contributed by atoms with Gasteiger partial charge in [-0.25, -0.2) is 4.79 Å². The third kappa shape index (κ3) is 5.12. The van der Waals surface area contributed by atoms with Crippen molar-refractivity contribution >= 4 is 11.9 Å². The third-order valence-corrected chi connectivity index (χ3v) is 3.61. The van der Waals surface area contributed by atoms with Crippen molar-refractivity contribution in [1.29, 1.82) is 0 Å². The van der Waals surface area contributed by atoms with Crippen LogP contribution in [0.25, 0.3) is 0 Å². The van der Waals surface area contributed by atoms with E-state index in [2.05, 4.69) is 9.47 Å². The third-order valence-electron chi connectivity index (χ3n) is 3.61. The molecule has 1 aromatic rings. The summed E-state index contributed by atoms with van der Waals surface area (Å²) in [6, 6.07) is 6.76. The van der Waals surface area contributed by atoms with Gasteiger partial charge in [-0.2, -0.15) is 26.3 Å². The molecule has 0 saturated carbocycles. The summed E-state index contributed by atoms with van der Waals surface area (Å²) in [5.74, 6) is -4.54. The van der Waals surface area contributed by atoms with Gasteiger partial charge in [0.1, 0.15) is 13.2 Å². The second kappa shape index (κ2) is 8.15. The largest absolute Gasteiger partial charge is 0.462 e. The molecule has 0 aliphatic rings. The summed E-state index contributed by atoms with van der Waals surface area (Å²) in [6.07, 6.45) is -12.7. The Kier molecular flexibility index (Phi) is 6.87. The van der Waals surface area contributed by atoms with Gasteiger partial charge in [0.2, 0.25) is 0 Å². The van der Waals surface area contributed by atoms with Gasteiger partial charge in [-0.15, -0.1) is 0 Å². The maximum absolute atomic E-state index is 12.5. The van der Waals surface area contributed by atoms with Crippen molar-refractivity contribution in [1.82, 2.24) is 0 Å². The number of ether oxygens (including phenoxy) is 2. The van der Waals surface area contributed by atoms with Gasteiger partial charge >= 0.3 is 29.9 Å². The molecule has 1 unspecified atom stereocenters. The van der Waals surface area contributed by atoms with E-state index in [1.54, 1.807) is 24.3 Å². The molecule has 1 rings (SSSR count). The van der Waals surface area contributed by atoms with E-state index in [0.717, 1.165) is 5.56 Å².